The number of halogens is 1. The molecular weight excluding hydrogens is 210 g/mol. The molecule has 2 rings (SSSR count). The zero-order chi connectivity index (χ0) is 9.64. The highest BCUT2D eigenvalue weighted by Crippen LogP contribution is 2.03. The fourth-order valence-corrected chi connectivity index (χ4v) is 1.81. The molecule has 0 saturated carbocycles. The molecule has 1 aliphatic heterocycles. The molecule has 4 heteroatoms. The summed E-state index contributed by atoms with van der Waals surface area (Å²) in [5.41, 5.74) is 1.12. The van der Waals surface area contributed by atoms with E-state index in [1.54, 1.807) is 0 Å². The second-order valence-corrected chi connectivity index (χ2v) is 3.75. The summed E-state index contributed by atoms with van der Waals surface area (Å²) in [4.78, 5) is 4.26. The van der Waals surface area contributed by atoms with Gasteiger partial charge in [-0.15, -0.1) is 12.4 Å². The summed E-state index contributed by atoms with van der Waals surface area (Å²) in [7, 11) is 0. The van der Waals surface area contributed by atoms with Gasteiger partial charge in [0.15, 0.2) is 0 Å². The van der Waals surface area contributed by atoms with E-state index in [1.165, 1.54) is 19.4 Å². The molecule has 15 heavy (non-hydrogen) atoms. The number of pyridine rings is 1. The van der Waals surface area contributed by atoms with Gasteiger partial charge in [0.2, 0.25) is 0 Å². The largest absolute Gasteiger partial charge is 0.313 e. The van der Waals surface area contributed by atoms with Crippen molar-refractivity contribution in [3.05, 3.63) is 30.1 Å². The maximum atomic E-state index is 4.26. The van der Waals surface area contributed by atoms with Crippen molar-refractivity contribution in [1.82, 2.24) is 15.6 Å². The van der Waals surface area contributed by atoms with Crippen molar-refractivity contribution in [1.29, 1.82) is 0 Å². The van der Waals surface area contributed by atoms with Gasteiger partial charge in [0.05, 0.1) is 5.69 Å². The lowest BCUT2D eigenvalue weighted by atomic mass is 10.2. The van der Waals surface area contributed by atoms with Crippen molar-refractivity contribution >= 4 is 12.4 Å². The summed E-state index contributed by atoms with van der Waals surface area (Å²) in [5.74, 6) is 0. The molecule has 1 aromatic rings. The van der Waals surface area contributed by atoms with E-state index in [9.17, 15) is 0 Å². The van der Waals surface area contributed by atoms with Crippen LogP contribution in [0.25, 0.3) is 0 Å². The third kappa shape index (κ3) is 4.16. The summed E-state index contributed by atoms with van der Waals surface area (Å²) in [6.45, 7) is 3.10. The van der Waals surface area contributed by atoms with Crippen molar-refractivity contribution in [3.8, 4) is 0 Å². The first-order valence-electron chi connectivity index (χ1n) is 5.29. The third-order valence-electron chi connectivity index (χ3n) is 2.59. The maximum Gasteiger partial charge on any atom is 0.0541 e. The van der Waals surface area contributed by atoms with E-state index in [-0.39, 0.29) is 12.4 Å². The Labute approximate surface area is 97.1 Å². The first-order valence-corrected chi connectivity index (χ1v) is 5.29. The minimum atomic E-state index is 0. The molecule has 0 aliphatic carbocycles. The maximum absolute atomic E-state index is 4.26. The lowest BCUT2D eigenvalue weighted by Gasteiger charge is -2.10. The normalized spacial score (nSPS) is 19.9. The molecule has 0 amide bonds. The Morgan fingerprint density at radius 3 is 3.07 bits per heavy atom. The average Bonchev–Trinajstić information content (AvgIpc) is 2.72. The lowest BCUT2D eigenvalue weighted by Crippen LogP contribution is -2.33. The van der Waals surface area contributed by atoms with Gasteiger partial charge in [-0.2, -0.15) is 0 Å². The van der Waals surface area contributed by atoms with E-state index in [0.29, 0.717) is 6.04 Å². The molecule has 2 N–H and O–H groups in total. The highest BCUT2D eigenvalue weighted by atomic mass is 35.5. The zero-order valence-corrected chi connectivity index (χ0v) is 9.59. The van der Waals surface area contributed by atoms with Crippen LogP contribution in [0.4, 0.5) is 0 Å². The average molecular weight is 228 g/mol. The van der Waals surface area contributed by atoms with E-state index in [0.717, 1.165) is 18.8 Å². The van der Waals surface area contributed by atoms with Crippen molar-refractivity contribution in [2.75, 3.05) is 13.1 Å². The Bertz CT molecular complexity index is 260. The fourth-order valence-electron chi connectivity index (χ4n) is 1.81. The van der Waals surface area contributed by atoms with Crippen LogP contribution in [0.3, 0.4) is 0 Å². The molecule has 0 aromatic carbocycles. The number of rotatable bonds is 4. The second-order valence-electron chi connectivity index (χ2n) is 3.75. The van der Waals surface area contributed by atoms with E-state index in [1.807, 2.05) is 18.3 Å². The molecule has 3 nitrogen and oxygen atoms in total. The fraction of sp³-hybridized carbons (Fsp3) is 0.545. The molecule has 1 aromatic heterocycles. The molecule has 0 bridgehead atoms. The van der Waals surface area contributed by atoms with Gasteiger partial charge in [0.1, 0.15) is 0 Å². The number of nitrogens with one attached hydrogen (secondary N) is 2. The van der Waals surface area contributed by atoms with Crippen LogP contribution in [-0.2, 0) is 6.54 Å². The third-order valence-corrected chi connectivity index (χ3v) is 2.59. The van der Waals surface area contributed by atoms with Crippen molar-refractivity contribution in [2.24, 2.45) is 0 Å². The zero-order valence-electron chi connectivity index (χ0n) is 8.78. The van der Waals surface area contributed by atoms with Crippen LogP contribution in [0, 0.1) is 0 Å². The molecule has 2 heterocycles. The first kappa shape index (κ1) is 12.4. The standard InChI is InChI=1S/C11H17N3.ClH/c1-2-6-13-10(4-1)8-12-9-11-5-3-7-14-11;/h1-2,4,6,11-12,14H,3,5,7-9H2;1H. The van der Waals surface area contributed by atoms with Gasteiger partial charge < -0.3 is 10.6 Å². The van der Waals surface area contributed by atoms with Crippen LogP contribution in [-0.4, -0.2) is 24.1 Å². The Balaban J connectivity index is 0.00000112. The molecule has 0 radical (unpaired) electrons. The van der Waals surface area contributed by atoms with Crippen LogP contribution in [0.5, 0.6) is 0 Å². The molecule has 0 spiro atoms. The van der Waals surface area contributed by atoms with Gasteiger partial charge in [-0.05, 0) is 31.5 Å². The van der Waals surface area contributed by atoms with Crippen molar-refractivity contribution in [3.63, 3.8) is 0 Å². The Morgan fingerprint density at radius 1 is 1.47 bits per heavy atom. The molecule has 1 saturated heterocycles. The summed E-state index contributed by atoms with van der Waals surface area (Å²) >= 11 is 0. The molecule has 1 fully saturated rings. The van der Waals surface area contributed by atoms with Gasteiger partial charge in [-0.25, -0.2) is 0 Å². The summed E-state index contributed by atoms with van der Waals surface area (Å²) in [5, 5.41) is 6.88. The van der Waals surface area contributed by atoms with E-state index in [2.05, 4.69) is 21.7 Å². The highest BCUT2D eigenvalue weighted by Gasteiger charge is 2.12. The van der Waals surface area contributed by atoms with Crippen LogP contribution < -0.4 is 10.6 Å². The van der Waals surface area contributed by atoms with Gasteiger partial charge in [0, 0.05) is 25.3 Å². The Hall–Kier alpha value is -0.640. The van der Waals surface area contributed by atoms with Crippen LogP contribution in [0.1, 0.15) is 18.5 Å². The predicted molar refractivity (Wildman–Crippen MR) is 64.2 cm³/mol. The van der Waals surface area contributed by atoms with Gasteiger partial charge in [0.25, 0.3) is 0 Å². The van der Waals surface area contributed by atoms with E-state index >= 15 is 0 Å². The monoisotopic (exact) mass is 227 g/mol. The summed E-state index contributed by atoms with van der Waals surface area (Å²) in [6.07, 6.45) is 4.45. The minimum Gasteiger partial charge on any atom is -0.313 e. The molecule has 1 unspecified atom stereocenters. The van der Waals surface area contributed by atoms with Crippen LogP contribution >= 0.6 is 12.4 Å². The number of hydrogen-bond donors (Lipinski definition) is 2. The first-order chi connectivity index (χ1) is 6.95. The topological polar surface area (TPSA) is 37.0 Å². The summed E-state index contributed by atoms with van der Waals surface area (Å²) in [6, 6.07) is 6.69. The van der Waals surface area contributed by atoms with Crippen molar-refractivity contribution < 1.29 is 0 Å². The van der Waals surface area contributed by atoms with Gasteiger partial charge in [-0.3, -0.25) is 4.98 Å². The number of nitrogens with zero attached hydrogens (tertiary/aromatic N) is 1. The molecule has 1 atom stereocenters. The quantitative estimate of drug-likeness (QED) is 0.816. The Morgan fingerprint density at radius 2 is 2.40 bits per heavy atom. The minimum absolute atomic E-state index is 0. The van der Waals surface area contributed by atoms with Crippen molar-refractivity contribution in [2.45, 2.75) is 25.4 Å². The Kier molecular flexibility index (Phi) is 5.61. The smallest absolute Gasteiger partial charge is 0.0541 e. The lowest BCUT2D eigenvalue weighted by molar-refractivity contribution is 0.532. The number of hydrogen-bond acceptors (Lipinski definition) is 3. The van der Waals surface area contributed by atoms with Crippen LogP contribution in [0.2, 0.25) is 0 Å². The predicted octanol–water partition coefficient (Wildman–Crippen LogP) is 1.34. The second kappa shape index (κ2) is 6.77. The van der Waals surface area contributed by atoms with E-state index < -0.39 is 0 Å². The summed E-state index contributed by atoms with van der Waals surface area (Å²) < 4.78 is 0. The highest BCUT2D eigenvalue weighted by molar-refractivity contribution is 5.85. The van der Waals surface area contributed by atoms with Gasteiger partial charge in [-0.1, -0.05) is 6.07 Å². The van der Waals surface area contributed by atoms with Crippen LogP contribution in [0.15, 0.2) is 24.4 Å². The molecular formula is C11H18ClN3. The van der Waals surface area contributed by atoms with Gasteiger partial charge >= 0.3 is 0 Å². The molecule has 84 valence electrons. The number of aromatic nitrogens is 1. The SMILES string of the molecule is Cl.c1ccc(CNCC2CCCN2)nc1. The van der Waals surface area contributed by atoms with E-state index in [4.69, 9.17) is 0 Å². The molecule has 1 aliphatic rings.